The first-order valence-electron chi connectivity index (χ1n) is 9.72. The summed E-state index contributed by atoms with van der Waals surface area (Å²) in [6, 6.07) is 15.0. The minimum atomic E-state index is -0.642. The van der Waals surface area contributed by atoms with E-state index in [4.69, 9.17) is 0 Å². The van der Waals surface area contributed by atoms with Crippen LogP contribution in [-0.2, 0) is 4.79 Å². The molecule has 0 bridgehead atoms. The van der Waals surface area contributed by atoms with Gasteiger partial charge in [-0.25, -0.2) is 4.79 Å². The largest absolute Gasteiger partial charge is 0.374 e. The third-order valence-electron chi connectivity index (χ3n) is 4.53. The van der Waals surface area contributed by atoms with Gasteiger partial charge in [-0.3, -0.25) is 14.9 Å². The highest BCUT2D eigenvalue weighted by molar-refractivity contribution is 7.12. The molecule has 0 spiro atoms. The van der Waals surface area contributed by atoms with Crippen LogP contribution in [0, 0.1) is 13.8 Å². The molecule has 1 atom stereocenters. The molecule has 0 fully saturated rings. The first kappa shape index (κ1) is 22.0. The number of amides is 4. The Hall–Kier alpha value is -3.65. The van der Waals surface area contributed by atoms with Gasteiger partial charge in [0.1, 0.15) is 6.04 Å². The molecule has 1 unspecified atom stereocenters. The molecule has 0 saturated heterocycles. The number of thiophene rings is 1. The number of carbonyl (C=O) groups excluding carboxylic acids is 3. The van der Waals surface area contributed by atoms with E-state index in [1.807, 2.05) is 37.4 Å². The molecular formula is C23H24N4O3S. The maximum atomic E-state index is 12.3. The van der Waals surface area contributed by atoms with Crippen molar-refractivity contribution < 1.29 is 14.4 Å². The van der Waals surface area contributed by atoms with Gasteiger partial charge in [0.15, 0.2) is 0 Å². The summed E-state index contributed by atoms with van der Waals surface area (Å²) in [5, 5.41) is 12.7. The Morgan fingerprint density at radius 3 is 2.26 bits per heavy atom. The lowest BCUT2D eigenvalue weighted by molar-refractivity contribution is -0.120. The Balaban J connectivity index is 1.50. The Morgan fingerprint density at radius 1 is 0.903 bits per heavy atom. The summed E-state index contributed by atoms with van der Waals surface area (Å²) in [5.41, 5.74) is 3.99. The normalized spacial score (nSPS) is 11.3. The van der Waals surface area contributed by atoms with Crippen LogP contribution in [-0.4, -0.2) is 23.9 Å². The number of hydrogen-bond donors (Lipinski definition) is 4. The first-order chi connectivity index (χ1) is 14.8. The standard InChI is InChI=1S/C23H24N4O3S/c1-14-6-11-19(15(2)13-14)26-23(30)27-21(28)16(3)24-17-7-9-18(10-8-17)25-22(29)20-5-4-12-31-20/h4-13,16,24H,1-3H3,(H,25,29)(H2,26,27,28,30). The monoisotopic (exact) mass is 436 g/mol. The second kappa shape index (κ2) is 9.90. The van der Waals surface area contributed by atoms with Crippen LogP contribution in [0.5, 0.6) is 0 Å². The lowest BCUT2D eigenvalue weighted by Gasteiger charge is -2.16. The fourth-order valence-electron chi connectivity index (χ4n) is 2.89. The van der Waals surface area contributed by atoms with Gasteiger partial charge >= 0.3 is 6.03 Å². The molecule has 3 rings (SSSR count). The fourth-order valence-corrected chi connectivity index (χ4v) is 3.51. The number of nitrogens with one attached hydrogen (secondary N) is 4. The van der Waals surface area contributed by atoms with Gasteiger partial charge in [-0.2, -0.15) is 0 Å². The van der Waals surface area contributed by atoms with Crippen LogP contribution in [0.25, 0.3) is 0 Å². The maximum Gasteiger partial charge on any atom is 0.325 e. The molecule has 0 saturated carbocycles. The minimum absolute atomic E-state index is 0.168. The Bertz CT molecular complexity index is 1080. The predicted octanol–water partition coefficient (Wildman–Crippen LogP) is 4.77. The minimum Gasteiger partial charge on any atom is -0.374 e. The topological polar surface area (TPSA) is 99.3 Å². The summed E-state index contributed by atoms with van der Waals surface area (Å²) in [4.78, 5) is 37.2. The number of imide groups is 1. The second-order valence-corrected chi connectivity index (χ2v) is 8.08. The molecule has 1 aromatic heterocycles. The summed E-state index contributed by atoms with van der Waals surface area (Å²) in [6.45, 7) is 5.52. The van der Waals surface area contributed by atoms with Crippen LogP contribution in [0.4, 0.5) is 21.9 Å². The van der Waals surface area contributed by atoms with Crippen molar-refractivity contribution in [2.75, 3.05) is 16.0 Å². The lowest BCUT2D eigenvalue weighted by Crippen LogP contribution is -2.43. The first-order valence-corrected chi connectivity index (χ1v) is 10.6. The Labute approximate surface area is 184 Å². The van der Waals surface area contributed by atoms with Gasteiger partial charge in [0.2, 0.25) is 5.91 Å². The maximum absolute atomic E-state index is 12.3. The fraction of sp³-hybridized carbons (Fsp3) is 0.174. The predicted molar refractivity (Wildman–Crippen MR) is 125 cm³/mol. The van der Waals surface area contributed by atoms with E-state index < -0.39 is 18.0 Å². The number of aryl methyl sites for hydroxylation is 2. The van der Waals surface area contributed by atoms with Gasteiger partial charge in [-0.1, -0.05) is 23.8 Å². The molecule has 0 aliphatic heterocycles. The van der Waals surface area contributed by atoms with Crippen LogP contribution in [0.3, 0.4) is 0 Å². The third-order valence-corrected chi connectivity index (χ3v) is 5.40. The van der Waals surface area contributed by atoms with Gasteiger partial charge < -0.3 is 16.0 Å². The van der Waals surface area contributed by atoms with Crippen molar-refractivity contribution >= 4 is 46.2 Å². The number of benzene rings is 2. The zero-order valence-corrected chi connectivity index (χ0v) is 18.3. The molecule has 4 N–H and O–H groups in total. The zero-order chi connectivity index (χ0) is 22.4. The molecule has 0 aliphatic rings. The number of carbonyl (C=O) groups is 3. The molecule has 4 amide bonds. The van der Waals surface area contributed by atoms with E-state index in [1.165, 1.54) is 11.3 Å². The Kier molecular flexibility index (Phi) is 7.04. The molecule has 2 aromatic carbocycles. The van der Waals surface area contributed by atoms with Crippen molar-refractivity contribution in [3.8, 4) is 0 Å². The number of hydrogen-bond acceptors (Lipinski definition) is 5. The van der Waals surface area contributed by atoms with Gasteiger partial charge in [0.25, 0.3) is 5.91 Å². The summed E-state index contributed by atoms with van der Waals surface area (Å²) in [7, 11) is 0. The van der Waals surface area contributed by atoms with E-state index in [1.54, 1.807) is 43.3 Å². The molecule has 7 nitrogen and oxygen atoms in total. The Morgan fingerprint density at radius 2 is 1.61 bits per heavy atom. The summed E-state index contributed by atoms with van der Waals surface area (Å²) in [6.07, 6.45) is 0. The molecular weight excluding hydrogens is 412 g/mol. The lowest BCUT2D eigenvalue weighted by atomic mass is 10.1. The third kappa shape index (κ3) is 6.16. The SMILES string of the molecule is Cc1ccc(NC(=O)NC(=O)C(C)Nc2ccc(NC(=O)c3cccs3)cc2)c(C)c1. The number of anilines is 3. The van der Waals surface area contributed by atoms with Crippen molar-refractivity contribution in [1.29, 1.82) is 0 Å². The van der Waals surface area contributed by atoms with Crippen LogP contribution in [0.15, 0.2) is 60.0 Å². The highest BCUT2D eigenvalue weighted by Crippen LogP contribution is 2.18. The van der Waals surface area contributed by atoms with E-state index >= 15 is 0 Å². The zero-order valence-electron chi connectivity index (χ0n) is 17.5. The van der Waals surface area contributed by atoms with Crippen molar-refractivity contribution in [2.45, 2.75) is 26.8 Å². The van der Waals surface area contributed by atoms with Crippen LogP contribution in [0.2, 0.25) is 0 Å². The summed E-state index contributed by atoms with van der Waals surface area (Å²) < 4.78 is 0. The highest BCUT2D eigenvalue weighted by Gasteiger charge is 2.16. The van der Waals surface area contributed by atoms with Gasteiger partial charge in [0.05, 0.1) is 4.88 Å². The molecule has 160 valence electrons. The van der Waals surface area contributed by atoms with Crippen molar-refractivity contribution in [3.05, 3.63) is 76.0 Å². The van der Waals surface area contributed by atoms with Crippen molar-refractivity contribution in [1.82, 2.24) is 5.32 Å². The molecule has 8 heteroatoms. The van der Waals surface area contributed by atoms with E-state index in [-0.39, 0.29) is 5.91 Å². The van der Waals surface area contributed by atoms with Crippen LogP contribution in [0.1, 0.15) is 27.7 Å². The van der Waals surface area contributed by atoms with Gasteiger partial charge in [-0.05, 0) is 68.1 Å². The van der Waals surface area contributed by atoms with E-state index in [0.717, 1.165) is 11.1 Å². The number of rotatable bonds is 6. The van der Waals surface area contributed by atoms with E-state index in [2.05, 4.69) is 21.3 Å². The quantitative estimate of drug-likeness (QED) is 0.447. The molecule has 31 heavy (non-hydrogen) atoms. The van der Waals surface area contributed by atoms with Crippen molar-refractivity contribution in [2.24, 2.45) is 0 Å². The van der Waals surface area contributed by atoms with Crippen LogP contribution >= 0.6 is 11.3 Å². The average molecular weight is 437 g/mol. The summed E-state index contributed by atoms with van der Waals surface area (Å²) in [5.74, 6) is -0.629. The van der Waals surface area contributed by atoms with Crippen LogP contribution < -0.4 is 21.3 Å². The van der Waals surface area contributed by atoms with Gasteiger partial charge in [-0.15, -0.1) is 11.3 Å². The molecule has 0 radical (unpaired) electrons. The molecule has 3 aromatic rings. The average Bonchev–Trinajstić information content (AvgIpc) is 3.26. The summed E-state index contributed by atoms with van der Waals surface area (Å²) >= 11 is 1.37. The molecule has 1 heterocycles. The van der Waals surface area contributed by atoms with E-state index in [9.17, 15) is 14.4 Å². The van der Waals surface area contributed by atoms with Gasteiger partial charge in [0, 0.05) is 17.1 Å². The smallest absolute Gasteiger partial charge is 0.325 e. The van der Waals surface area contributed by atoms with Crippen molar-refractivity contribution in [3.63, 3.8) is 0 Å². The second-order valence-electron chi connectivity index (χ2n) is 7.14. The van der Waals surface area contributed by atoms with E-state index in [0.29, 0.717) is 21.9 Å². The number of urea groups is 1. The highest BCUT2D eigenvalue weighted by atomic mass is 32.1. The molecule has 0 aliphatic carbocycles.